The van der Waals surface area contributed by atoms with Crippen LogP contribution >= 0.6 is 0 Å². The topological polar surface area (TPSA) is 161 Å². The maximum absolute atomic E-state index is 9.58. The molecule has 2 N–H and O–H groups in total. The zero-order valence-corrected chi connectivity index (χ0v) is 10.6. The minimum absolute atomic E-state index is 0. The van der Waals surface area contributed by atoms with Crippen LogP contribution in [0.25, 0.3) is 0 Å². The van der Waals surface area contributed by atoms with Gasteiger partial charge in [0.05, 0.1) is 24.1 Å². The van der Waals surface area contributed by atoms with E-state index in [4.69, 9.17) is 10.2 Å². The van der Waals surface area contributed by atoms with Crippen LogP contribution in [0.1, 0.15) is 13.3 Å². The van der Waals surface area contributed by atoms with E-state index in [2.05, 4.69) is 0 Å². The molecule has 9 heteroatoms. The van der Waals surface area contributed by atoms with Gasteiger partial charge in [-0.1, -0.05) is 0 Å². The molecule has 0 rings (SSSR count). The molecule has 0 aromatic rings. The number of hydrogen-bond donors (Lipinski definition) is 2. The molecule has 0 amide bonds. The van der Waals surface area contributed by atoms with E-state index < -0.39 is 36.5 Å². The van der Waals surface area contributed by atoms with Crippen molar-refractivity contribution >= 4 is 55.6 Å². The molecule has 0 bridgehead atoms. The molecular formula is C7H9CaO8-. The molecule has 0 aliphatic carbocycles. The van der Waals surface area contributed by atoms with Crippen molar-refractivity contribution < 1.29 is 39.9 Å². The number of aliphatic carboxylic acids is 3. The number of carboxylic acids is 3. The summed E-state index contributed by atoms with van der Waals surface area (Å²) in [6.45, 7) is 1.13. The second-order valence-electron chi connectivity index (χ2n) is 2.41. The van der Waals surface area contributed by atoms with Crippen LogP contribution in [0.2, 0.25) is 0 Å². The fraction of sp³-hybridized carbons (Fsp3) is 0.571. The fourth-order valence-electron chi connectivity index (χ4n) is 0.241. The number of hydrogen-bond acceptors (Lipinski definition) is 8. The maximum atomic E-state index is 9.58. The van der Waals surface area contributed by atoms with E-state index in [1.54, 1.807) is 0 Å². The Kier molecular flexibility index (Phi) is 14.5. The minimum atomic E-state index is -1.96. The van der Waals surface area contributed by atoms with Gasteiger partial charge in [-0.3, -0.25) is 0 Å². The van der Waals surface area contributed by atoms with Crippen LogP contribution in [0.4, 0.5) is 0 Å². The normalized spacial score (nSPS) is 12.2. The van der Waals surface area contributed by atoms with Gasteiger partial charge in [0.1, 0.15) is 0 Å². The molecule has 0 spiro atoms. The van der Waals surface area contributed by atoms with Gasteiger partial charge in [-0.25, -0.2) is 0 Å². The molecular weight excluding hydrogens is 252 g/mol. The van der Waals surface area contributed by atoms with E-state index >= 15 is 0 Å². The molecule has 0 fully saturated rings. The van der Waals surface area contributed by atoms with E-state index in [0.29, 0.717) is 0 Å². The van der Waals surface area contributed by atoms with Crippen LogP contribution in [0.5, 0.6) is 0 Å². The molecule has 2 unspecified atom stereocenters. The Morgan fingerprint density at radius 3 is 1.44 bits per heavy atom. The summed E-state index contributed by atoms with van der Waals surface area (Å²) >= 11 is 0. The Morgan fingerprint density at radius 2 is 1.38 bits per heavy atom. The van der Waals surface area contributed by atoms with Gasteiger partial charge in [0.25, 0.3) is 0 Å². The summed E-state index contributed by atoms with van der Waals surface area (Å²) in [7, 11) is 0. The molecule has 2 atom stereocenters. The maximum Gasteiger partial charge on any atom is 2.00 e. The van der Waals surface area contributed by atoms with E-state index in [9.17, 15) is 29.7 Å². The van der Waals surface area contributed by atoms with Crippen LogP contribution in [0, 0.1) is 0 Å². The number of aliphatic hydroxyl groups excluding tert-OH is 2. The SMILES string of the molecule is CC(O)C(=O)[O-].O=C([O-])CC(O)C(=O)[O-].[Ca+2]. The average molecular weight is 261 g/mol. The van der Waals surface area contributed by atoms with Crippen molar-refractivity contribution in [2.24, 2.45) is 0 Å². The first-order chi connectivity index (χ1) is 6.68. The quantitative estimate of drug-likeness (QED) is 0.472. The first-order valence-corrected chi connectivity index (χ1v) is 3.66. The monoisotopic (exact) mass is 261 g/mol. The van der Waals surface area contributed by atoms with E-state index in [-0.39, 0.29) is 37.7 Å². The van der Waals surface area contributed by atoms with E-state index in [1.165, 1.54) is 0 Å². The van der Waals surface area contributed by atoms with Crippen molar-refractivity contribution in [1.29, 1.82) is 0 Å². The van der Waals surface area contributed by atoms with Crippen molar-refractivity contribution in [3.05, 3.63) is 0 Å². The van der Waals surface area contributed by atoms with Gasteiger partial charge in [0, 0.05) is 12.4 Å². The Balaban J connectivity index is -0.000000214. The molecule has 0 aromatic carbocycles. The van der Waals surface area contributed by atoms with E-state index in [1.807, 2.05) is 0 Å². The smallest absolute Gasteiger partial charge is 0.550 e. The van der Waals surface area contributed by atoms with E-state index in [0.717, 1.165) is 6.92 Å². The Morgan fingerprint density at radius 1 is 1.06 bits per heavy atom. The van der Waals surface area contributed by atoms with Gasteiger partial charge >= 0.3 is 37.7 Å². The predicted octanol–water partition coefficient (Wildman–Crippen LogP) is -6.03. The van der Waals surface area contributed by atoms with Crippen molar-refractivity contribution in [2.75, 3.05) is 0 Å². The van der Waals surface area contributed by atoms with Crippen molar-refractivity contribution in [1.82, 2.24) is 0 Å². The fourth-order valence-corrected chi connectivity index (χ4v) is 0.241. The first-order valence-electron chi connectivity index (χ1n) is 3.66. The van der Waals surface area contributed by atoms with Gasteiger partial charge in [0.2, 0.25) is 0 Å². The van der Waals surface area contributed by atoms with Gasteiger partial charge < -0.3 is 39.9 Å². The molecule has 0 radical (unpaired) electrons. The molecule has 0 aliphatic heterocycles. The number of rotatable bonds is 4. The molecule has 88 valence electrons. The molecule has 0 saturated carbocycles. The summed E-state index contributed by atoms with van der Waals surface area (Å²) in [5.41, 5.74) is 0. The number of carboxylic acid groups (broad SMARTS) is 3. The molecule has 16 heavy (non-hydrogen) atoms. The summed E-state index contributed by atoms with van der Waals surface area (Å²) < 4.78 is 0. The van der Waals surface area contributed by atoms with Crippen molar-refractivity contribution in [3.63, 3.8) is 0 Å². The summed E-state index contributed by atoms with van der Waals surface area (Å²) in [6.07, 6.45) is -4.23. The molecule has 0 aromatic heterocycles. The average Bonchev–Trinajstić information content (AvgIpc) is 2.03. The Hall–Kier alpha value is -0.410. The molecule has 8 nitrogen and oxygen atoms in total. The van der Waals surface area contributed by atoms with Crippen LogP contribution in [-0.4, -0.2) is 78.1 Å². The molecule has 0 saturated heterocycles. The van der Waals surface area contributed by atoms with Gasteiger partial charge in [-0.05, 0) is 6.92 Å². The van der Waals surface area contributed by atoms with Gasteiger partial charge in [-0.15, -0.1) is 0 Å². The Labute approximate surface area is 121 Å². The van der Waals surface area contributed by atoms with Crippen molar-refractivity contribution in [2.45, 2.75) is 25.6 Å². The van der Waals surface area contributed by atoms with Crippen LogP contribution < -0.4 is 15.3 Å². The third-order valence-corrected chi connectivity index (χ3v) is 0.973. The third kappa shape index (κ3) is 16.0. The summed E-state index contributed by atoms with van der Waals surface area (Å²) in [5, 5.41) is 44.7. The van der Waals surface area contributed by atoms with Crippen molar-refractivity contribution in [3.8, 4) is 0 Å². The standard InChI is InChI=1S/C4H6O5.C3H6O3.Ca/c5-2(4(8)9)1-3(6)7;1-2(4)3(5)6;/h2,5H,1H2,(H,6,7)(H,8,9);2,4H,1H3,(H,5,6);/q;;+2/p-3. The molecule has 0 aliphatic rings. The second kappa shape index (κ2) is 11.1. The number of carbonyl (C=O) groups excluding carboxylic acids is 3. The van der Waals surface area contributed by atoms with Crippen LogP contribution in [-0.2, 0) is 14.4 Å². The zero-order valence-electron chi connectivity index (χ0n) is 8.41. The minimum Gasteiger partial charge on any atom is -0.550 e. The van der Waals surface area contributed by atoms with Gasteiger partial charge in [0.15, 0.2) is 0 Å². The predicted molar refractivity (Wildman–Crippen MR) is 43.1 cm³/mol. The molecule has 0 heterocycles. The van der Waals surface area contributed by atoms with Crippen LogP contribution in [0.15, 0.2) is 0 Å². The summed E-state index contributed by atoms with van der Waals surface area (Å²) in [6, 6.07) is 0. The second-order valence-corrected chi connectivity index (χ2v) is 2.41. The van der Waals surface area contributed by atoms with Crippen LogP contribution in [0.3, 0.4) is 0 Å². The third-order valence-electron chi connectivity index (χ3n) is 0.973. The summed E-state index contributed by atoms with van der Waals surface area (Å²) in [4.78, 5) is 28.5. The summed E-state index contributed by atoms with van der Waals surface area (Å²) in [5.74, 6) is -4.86. The largest absolute Gasteiger partial charge is 2.00 e. The first kappa shape index (κ1) is 20.9. The number of carbonyl (C=O) groups is 3. The zero-order chi connectivity index (χ0) is 12.6. The van der Waals surface area contributed by atoms with Gasteiger partial charge in [-0.2, -0.15) is 0 Å². The number of aliphatic hydroxyl groups is 2. The Bertz CT molecular complexity index is 239.